The highest BCUT2D eigenvalue weighted by Crippen LogP contribution is 2.37. The third kappa shape index (κ3) is 4.38. The van der Waals surface area contributed by atoms with Crippen molar-refractivity contribution < 1.29 is 9.53 Å². The molecule has 4 nitrogen and oxygen atoms in total. The van der Waals surface area contributed by atoms with Gasteiger partial charge in [0.15, 0.2) is 0 Å². The standard InChI is InChI=1S/C17H26N2O2/c1-11(2)21-14-8-6-7-13-16(14)19-15(20)9-12(18-13)10-17(3,4)5/h6-8,11-12,18H,9-10H2,1-5H3,(H,19,20). The Kier molecular flexibility index (Phi) is 4.45. The molecule has 0 bridgehead atoms. The Labute approximate surface area is 127 Å². The molecule has 0 saturated heterocycles. The van der Waals surface area contributed by atoms with Crippen LogP contribution in [-0.2, 0) is 4.79 Å². The van der Waals surface area contributed by atoms with Crippen LogP contribution in [0.2, 0.25) is 0 Å². The highest BCUT2D eigenvalue weighted by atomic mass is 16.5. The van der Waals surface area contributed by atoms with E-state index < -0.39 is 0 Å². The first-order valence-electron chi connectivity index (χ1n) is 7.60. The SMILES string of the molecule is CC(C)Oc1cccc2c1NC(=O)CC(CC(C)(C)C)N2. The summed E-state index contributed by atoms with van der Waals surface area (Å²) in [4.78, 5) is 12.2. The fourth-order valence-corrected chi connectivity index (χ4v) is 2.68. The molecular formula is C17H26N2O2. The second kappa shape index (κ2) is 5.96. The van der Waals surface area contributed by atoms with Crippen molar-refractivity contribution in [2.24, 2.45) is 5.41 Å². The van der Waals surface area contributed by atoms with Crippen molar-refractivity contribution in [2.75, 3.05) is 10.6 Å². The van der Waals surface area contributed by atoms with Gasteiger partial charge in [0, 0.05) is 12.5 Å². The predicted octanol–water partition coefficient (Wildman–Crippen LogP) is 4.03. The summed E-state index contributed by atoms with van der Waals surface area (Å²) in [6, 6.07) is 5.98. The van der Waals surface area contributed by atoms with E-state index >= 15 is 0 Å². The summed E-state index contributed by atoms with van der Waals surface area (Å²) in [6.45, 7) is 10.5. The van der Waals surface area contributed by atoms with Crippen LogP contribution in [0.5, 0.6) is 5.75 Å². The molecule has 1 amide bonds. The monoisotopic (exact) mass is 290 g/mol. The van der Waals surface area contributed by atoms with Gasteiger partial charge in [-0.05, 0) is 37.8 Å². The number of carbonyl (C=O) groups excluding carboxylic acids is 1. The van der Waals surface area contributed by atoms with Crippen LogP contribution in [0.4, 0.5) is 11.4 Å². The van der Waals surface area contributed by atoms with Gasteiger partial charge in [-0.2, -0.15) is 0 Å². The average molecular weight is 290 g/mol. The molecule has 21 heavy (non-hydrogen) atoms. The second-order valence-electron chi connectivity index (χ2n) is 7.20. The van der Waals surface area contributed by atoms with Gasteiger partial charge in [-0.1, -0.05) is 26.8 Å². The van der Waals surface area contributed by atoms with Crippen LogP contribution in [0, 0.1) is 5.41 Å². The molecule has 2 rings (SSSR count). The molecule has 0 aliphatic carbocycles. The van der Waals surface area contributed by atoms with E-state index in [1.54, 1.807) is 0 Å². The lowest BCUT2D eigenvalue weighted by Gasteiger charge is -2.26. The molecule has 0 spiro atoms. The number of rotatable bonds is 3. The topological polar surface area (TPSA) is 50.4 Å². The summed E-state index contributed by atoms with van der Waals surface area (Å²) >= 11 is 0. The molecule has 1 atom stereocenters. The molecule has 1 aliphatic rings. The van der Waals surface area contributed by atoms with E-state index in [0.717, 1.165) is 23.5 Å². The quantitative estimate of drug-likeness (QED) is 0.883. The first-order valence-corrected chi connectivity index (χ1v) is 7.60. The van der Waals surface area contributed by atoms with Crippen molar-refractivity contribution in [3.8, 4) is 5.75 Å². The van der Waals surface area contributed by atoms with Gasteiger partial charge in [0.05, 0.1) is 11.8 Å². The highest BCUT2D eigenvalue weighted by Gasteiger charge is 2.26. The number of anilines is 2. The molecule has 1 heterocycles. The van der Waals surface area contributed by atoms with Gasteiger partial charge in [0.2, 0.25) is 5.91 Å². The summed E-state index contributed by atoms with van der Waals surface area (Å²) in [6.07, 6.45) is 1.49. The first-order chi connectivity index (χ1) is 9.74. The number of para-hydroxylation sites is 1. The summed E-state index contributed by atoms with van der Waals surface area (Å²) in [5.74, 6) is 0.759. The Hall–Kier alpha value is -1.71. The number of fused-ring (bicyclic) bond motifs is 1. The van der Waals surface area contributed by atoms with E-state index in [1.807, 2.05) is 32.0 Å². The minimum atomic E-state index is 0.0373. The smallest absolute Gasteiger partial charge is 0.226 e. The van der Waals surface area contributed by atoms with Crippen LogP contribution in [0.15, 0.2) is 18.2 Å². The van der Waals surface area contributed by atoms with Gasteiger partial charge in [0.1, 0.15) is 11.4 Å². The van der Waals surface area contributed by atoms with Crippen LogP contribution >= 0.6 is 0 Å². The maximum absolute atomic E-state index is 12.2. The fourth-order valence-electron chi connectivity index (χ4n) is 2.68. The summed E-state index contributed by atoms with van der Waals surface area (Å²) < 4.78 is 5.80. The van der Waals surface area contributed by atoms with Crippen molar-refractivity contribution in [1.29, 1.82) is 0 Å². The van der Waals surface area contributed by atoms with Crippen LogP contribution in [0.3, 0.4) is 0 Å². The lowest BCUT2D eigenvalue weighted by atomic mass is 9.87. The van der Waals surface area contributed by atoms with Gasteiger partial charge < -0.3 is 15.4 Å². The van der Waals surface area contributed by atoms with Gasteiger partial charge >= 0.3 is 0 Å². The number of nitrogens with one attached hydrogen (secondary N) is 2. The molecule has 0 saturated carbocycles. The Morgan fingerprint density at radius 2 is 2.05 bits per heavy atom. The molecule has 1 aliphatic heterocycles. The van der Waals surface area contributed by atoms with Crippen molar-refractivity contribution in [3.63, 3.8) is 0 Å². The molecule has 0 aromatic heterocycles. The number of amides is 1. The Balaban J connectivity index is 2.29. The van der Waals surface area contributed by atoms with Gasteiger partial charge in [-0.3, -0.25) is 4.79 Å². The van der Waals surface area contributed by atoms with Crippen LogP contribution in [0.25, 0.3) is 0 Å². The third-order valence-corrected chi connectivity index (χ3v) is 3.30. The van der Waals surface area contributed by atoms with Crippen molar-refractivity contribution in [1.82, 2.24) is 0 Å². The van der Waals surface area contributed by atoms with Gasteiger partial charge in [-0.25, -0.2) is 0 Å². The zero-order valence-corrected chi connectivity index (χ0v) is 13.6. The zero-order chi connectivity index (χ0) is 15.6. The first kappa shape index (κ1) is 15.7. The Morgan fingerprint density at radius 3 is 2.67 bits per heavy atom. The van der Waals surface area contributed by atoms with E-state index in [2.05, 4.69) is 31.4 Å². The van der Waals surface area contributed by atoms with E-state index in [1.165, 1.54) is 0 Å². The molecule has 0 fully saturated rings. The minimum absolute atomic E-state index is 0.0373. The largest absolute Gasteiger partial charge is 0.489 e. The fraction of sp³-hybridized carbons (Fsp3) is 0.588. The molecular weight excluding hydrogens is 264 g/mol. The summed E-state index contributed by atoms with van der Waals surface area (Å²) in [5, 5.41) is 6.48. The lowest BCUT2D eigenvalue weighted by molar-refractivity contribution is -0.116. The van der Waals surface area contributed by atoms with E-state index in [9.17, 15) is 4.79 Å². The molecule has 0 radical (unpaired) electrons. The predicted molar refractivity (Wildman–Crippen MR) is 86.9 cm³/mol. The molecule has 116 valence electrons. The molecule has 1 aromatic rings. The number of hydrogen-bond donors (Lipinski definition) is 2. The molecule has 1 unspecified atom stereocenters. The van der Waals surface area contributed by atoms with Gasteiger partial charge in [0.25, 0.3) is 0 Å². The zero-order valence-electron chi connectivity index (χ0n) is 13.6. The maximum atomic E-state index is 12.2. The number of benzene rings is 1. The summed E-state index contributed by atoms with van der Waals surface area (Å²) in [7, 11) is 0. The molecule has 1 aromatic carbocycles. The minimum Gasteiger partial charge on any atom is -0.489 e. The molecule has 2 N–H and O–H groups in total. The van der Waals surface area contributed by atoms with Gasteiger partial charge in [-0.15, -0.1) is 0 Å². The summed E-state index contributed by atoms with van der Waals surface area (Å²) in [5.41, 5.74) is 1.87. The number of ether oxygens (including phenoxy) is 1. The normalized spacial score (nSPS) is 18.6. The Morgan fingerprint density at radius 1 is 1.33 bits per heavy atom. The van der Waals surface area contributed by atoms with E-state index in [-0.39, 0.29) is 23.5 Å². The van der Waals surface area contributed by atoms with Crippen LogP contribution in [-0.4, -0.2) is 18.1 Å². The average Bonchev–Trinajstić information content (AvgIpc) is 2.44. The third-order valence-electron chi connectivity index (χ3n) is 3.30. The van der Waals surface area contributed by atoms with E-state index in [0.29, 0.717) is 6.42 Å². The van der Waals surface area contributed by atoms with Crippen LogP contribution < -0.4 is 15.4 Å². The van der Waals surface area contributed by atoms with E-state index in [4.69, 9.17) is 4.74 Å². The maximum Gasteiger partial charge on any atom is 0.226 e. The van der Waals surface area contributed by atoms with Crippen molar-refractivity contribution in [3.05, 3.63) is 18.2 Å². The highest BCUT2D eigenvalue weighted by molar-refractivity contribution is 5.98. The van der Waals surface area contributed by atoms with Crippen LogP contribution in [0.1, 0.15) is 47.5 Å². The second-order valence-corrected chi connectivity index (χ2v) is 7.20. The Bertz CT molecular complexity index is 518. The van der Waals surface area contributed by atoms with Crippen molar-refractivity contribution in [2.45, 2.75) is 59.6 Å². The van der Waals surface area contributed by atoms with Crippen molar-refractivity contribution >= 4 is 17.3 Å². The number of carbonyl (C=O) groups is 1. The molecule has 4 heteroatoms. The number of hydrogen-bond acceptors (Lipinski definition) is 3. The lowest BCUT2D eigenvalue weighted by Crippen LogP contribution is -2.27.